The van der Waals surface area contributed by atoms with Gasteiger partial charge in [0.1, 0.15) is 6.10 Å². The van der Waals surface area contributed by atoms with E-state index in [0.29, 0.717) is 17.9 Å². The molecular weight excluding hydrogens is 254 g/mol. The van der Waals surface area contributed by atoms with Gasteiger partial charge in [0.05, 0.1) is 13.2 Å². The monoisotopic (exact) mass is 275 g/mol. The molecular formula is C16H21NO3. The first-order chi connectivity index (χ1) is 9.74. The maximum Gasteiger partial charge on any atom is 0.165 e. The van der Waals surface area contributed by atoms with Gasteiger partial charge in [-0.25, -0.2) is 0 Å². The summed E-state index contributed by atoms with van der Waals surface area (Å²) < 4.78 is 11.6. The van der Waals surface area contributed by atoms with Gasteiger partial charge in [-0.3, -0.25) is 0 Å². The van der Waals surface area contributed by atoms with E-state index < -0.39 is 0 Å². The van der Waals surface area contributed by atoms with Crippen molar-refractivity contribution in [3.8, 4) is 11.5 Å². The van der Waals surface area contributed by atoms with Gasteiger partial charge in [0.25, 0.3) is 0 Å². The highest BCUT2D eigenvalue weighted by molar-refractivity contribution is 5.57. The van der Waals surface area contributed by atoms with Crippen LogP contribution >= 0.6 is 0 Å². The Morgan fingerprint density at radius 1 is 1.35 bits per heavy atom. The summed E-state index contributed by atoms with van der Waals surface area (Å²) in [5, 5.41) is 13.8. The fourth-order valence-corrected chi connectivity index (χ4v) is 4.46. The molecule has 2 N–H and O–H groups in total. The van der Waals surface area contributed by atoms with E-state index in [1.54, 1.807) is 7.11 Å². The van der Waals surface area contributed by atoms with E-state index in [1.807, 2.05) is 13.1 Å². The predicted molar refractivity (Wildman–Crippen MR) is 75.4 cm³/mol. The van der Waals surface area contributed by atoms with Crippen LogP contribution in [0.15, 0.2) is 12.1 Å². The fraction of sp³-hybridized carbons (Fsp3) is 0.625. The zero-order valence-electron chi connectivity index (χ0n) is 11.9. The van der Waals surface area contributed by atoms with Crippen LogP contribution in [0.4, 0.5) is 0 Å². The Hall–Kier alpha value is -1.26. The van der Waals surface area contributed by atoms with E-state index in [2.05, 4.69) is 11.4 Å². The lowest BCUT2D eigenvalue weighted by atomic mass is 9.65. The minimum Gasteiger partial charge on any atom is -0.493 e. The lowest BCUT2D eigenvalue weighted by Crippen LogP contribution is -2.50. The van der Waals surface area contributed by atoms with Crippen molar-refractivity contribution in [2.24, 2.45) is 5.92 Å². The molecule has 2 aliphatic carbocycles. The molecule has 0 saturated heterocycles. The number of rotatable bonds is 2. The van der Waals surface area contributed by atoms with Crippen molar-refractivity contribution in [2.45, 2.75) is 43.4 Å². The van der Waals surface area contributed by atoms with Gasteiger partial charge in [0, 0.05) is 17.5 Å². The predicted octanol–water partition coefficient (Wildman–Crippen LogP) is 1.45. The van der Waals surface area contributed by atoms with Gasteiger partial charge in [-0.15, -0.1) is 0 Å². The Bertz CT molecular complexity index is 545. The summed E-state index contributed by atoms with van der Waals surface area (Å²) in [5.41, 5.74) is 2.64. The first kappa shape index (κ1) is 12.5. The van der Waals surface area contributed by atoms with E-state index in [9.17, 15) is 5.11 Å². The minimum absolute atomic E-state index is 0.102. The number of methoxy groups -OCH3 is 1. The smallest absolute Gasteiger partial charge is 0.165 e. The molecule has 3 aliphatic rings. The Morgan fingerprint density at radius 3 is 2.95 bits per heavy atom. The second-order valence-electron chi connectivity index (χ2n) is 6.19. The second kappa shape index (κ2) is 4.37. The van der Waals surface area contributed by atoms with Crippen molar-refractivity contribution in [1.29, 1.82) is 0 Å². The third-order valence-electron chi connectivity index (χ3n) is 5.38. The summed E-state index contributed by atoms with van der Waals surface area (Å²) in [6, 6.07) is 4.63. The van der Waals surface area contributed by atoms with Gasteiger partial charge in [0.15, 0.2) is 11.5 Å². The first-order valence-electron chi connectivity index (χ1n) is 7.46. The molecule has 1 aliphatic heterocycles. The molecule has 4 heteroatoms. The van der Waals surface area contributed by atoms with Crippen LogP contribution in [-0.4, -0.2) is 37.5 Å². The molecule has 1 heterocycles. The maximum atomic E-state index is 10.3. The Kier molecular flexibility index (Phi) is 2.72. The van der Waals surface area contributed by atoms with Crippen LogP contribution < -0.4 is 14.8 Å². The van der Waals surface area contributed by atoms with Gasteiger partial charge >= 0.3 is 0 Å². The molecule has 1 fully saturated rings. The quantitative estimate of drug-likeness (QED) is 0.858. The van der Waals surface area contributed by atoms with Crippen molar-refractivity contribution in [3.63, 3.8) is 0 Å². The van der Waals surface area contributed by atoms with E-state index in [0.717, 1.165) is 30.8 Å². The van der Waals surface area contributed by atoms with Gasteiger partial charge in [-0.05, 0) is 43.9 Å². The summed E-state index contributed by atoms with van der Waals surface area (Å²) in [6.07, 6.45) is 2.46. The molecule has 0 bridgehead atoms. The average Bonchev–Trinajstić information content (AvgIpc) is 2.88. The standard InChI is InChI=1S/C16H21NO3/c1-17-10-7-8-3-6-12(19-2)16-13(8)14-9(10)4-5-11(18)15(14)20-16/h3,6,9-11,14-15,17-18H,4-5,7H2,1-2H3/t9?,10?,11-,14?,15?/m0/s1. The van der Waals surface area contributed by atoms with Crippen molar-refractivity contribution in [3.05, 3.63) is 23.3 Å². The number of hydrogen-bond donors (Lipinski definition) is 2. The number of nitrogens with one attached hydrogen (secondary N) is 1. The van der Waals surface area contributed by atoms with Crippen LogP contribution in [0.25, 0.3) is 0 Å². The van der Waals surface area contributed by atoms with Crippen molar-refractivity contribution in [1.82, 2.24) is 5.32 Å². The van der Waals surface area contributed by atoms with Gasteiger partial charge in [-0.1, -0.05) is 6.07 Å². The van der Waals surface area contributed by atoms with Gasteiger partial charge < -0.3 is 19.9 Å². The van der Waals surface area contributed by atoms with E-state index in [1.165, 1.54) is 11.1 Å². The number of aliphatic hydroxyl groups excluding tert-OH is 1. The van der Waals surface area contributed by atoms with E-state index in [-0.39, 0.29) is 12.2 Å². The first-order valence-corrected chi connectivity index (χ1v) is 7.46. The average molecular weight is 275 g/mol. The van der Waals surface area contributed by atoms with Gasteiger partial charge in [0.2, 0.25) is 0 Å². The topological polar surface area (TPSA) is 50.7 Å². The van der Waals surface area contributed by atoms with Crippen LogP contribution in [0.1, 0.15) is 29.9 Å². The minimum atomic E-state index is -0.364. The van der Waals surface area contributed by atoms with E-state index >= 15 is 0 Å². The zero-order chi connectivity index (χ0) is 13.9. The molecule has 4 unspecified atom stereocenters. The van der Waals surface area contributed by atoms with E-state index in [4.69, 9.17) is 9.47 Å². The van der Waals surface area contributed by atoms with Crippen LogP contribution in [0, 0.1) is 5.92 Å². The SMILES string of the molecule is CNC1Cc2ccc(OC)c3c2C2C1CC[C@H](O)C2O3. The Morgan fingerprint density at radius 2 is 2.20 bits per heavy atom. The second-order valence-corrected chi connectivity index (χ2v) is 6.19. The molecule has 20 heavy (non-hydrogen) atoms. The number of benzene rings is 1. The molecule has 0 radical (unpaired) electrons. The molecule has 0 aromatic heterocycles. The third-order valence-corrected chi connectivity index (χ3v) is 5.38. The highest BCUT2D eigenvalue weighted by Gasteiger charge is 2.52. The summed E-state index contributed by atoms with van der Waals surface area (Å²) in [5.74, 6) is 2.53. The normalized spacial score (nSPS) is 37.2. The number of aliphatic hydroxyl groups is 1. The van der Waals surface area contributed by atoms with Crippen molar-refractivity contribution >= 4 is 0 Å². The summed E-state index contributed by atoms with van der Waals surface area (Å²) in [7, 11) is 3.71. The number of hydrogen-bond acceptors (Lipinski definition) is 4. The highest BCUT2D eigenvalue weighted by atomic mass is 16.5. The fourth-order valence-electron chi connectivity index (χ4n) is 4.46. The highest BCUT2D eigenvalue weighted by Crippen LogP contribution is 2.56. The lowest BCUT2D eigenvalue weighted by Gasteiger charge is -2.43. The Labute approximate surface area is 119 Å². The number of ether oxygens (including phenoxy) is 2. The zero-order valence-corrected chi connectivity index (χ0v) is 11.9. The maximum absolute atomic E-state index is 10.3. The Balaban J connectivity index is 1.88. The molecule has 1 aromatic rings. The molecule has 1 saturated carbocycles. The molecule has 1 aromatic carbocycles. The van der Waals surface area contributed by atoms with Gasteiger partial charge in [-0.2, -0.15) is 0 Å². The van der Waals surface area contributed by atoms with Crippen molar-refractivity contribution < 1.29 is 14.6 Å². The third kappa shape index (κ3) is 1.49. The summed E-state index contributed by atoms with van der Waals surface area (Å²) in [4.78, 5) is 0. The van der Waals surface area contributed by atoms with Crippen LogP contribution in [0.2, 0.25) is 0 Å². The summed E-state index contributed by atoms with van der Waals surface area (Å²) in [6.45, 7) is 0. The van der Waals surface area contributed by atoms with Crippen molar-refractivity contribution in [2.75, 3.05) is 14.2 Å². The van der Waals surface area contributed by atoms with Crippen LogP contribution in [-0.2, 0) is 6.42 Å². The lowest BCUT2D eigenvalue weighted by molar-refractivity contribution is -0.0184. The van der Waals surface area contributed by atoms with Crippen LogP contribution in [0.5, 0.6) is 11.5 Å². The van der Waals surface area contributed by atoms with Crippen LogP contribution in [0.3, 0.4) is 0 Å². The summed E-state index contributed by atoms with van der Waals surface area (Å²) >= 11 is 0. The molecule has 4 nitrogen and oxygen atoms in total. The molecule has 5 atom stereocenters. The molecule has 0 spiro atoms. The molecule has 4 rings (SSSR count). The molecule has 0 amide bonds. The molecule has 108 valence electrons. The largest absolute Gasteiger partial charge is 0.493 e. The number of likely N-dealkylation sites (N-methyl/N-ethyl adjacent to an activating group) is 1.